The summed E-state index contributed by atoms with van der Waals surface area (Å²) in [6, 6.07) is 0. The highest BCUT2D eigenvalue weighted by molar-refractivity contribution is 8.07. The van der Waals surface area contributed by atoms with Crippen molar-refractivity contribution in [2.75, 3.05) is 34.5 Å². The predicted molar refractivity (Wildman–Crippen MR) is 112 cm³/mol. The number of hydrogen-bond donors (Lipinski definition) is 6. The Labute approximate surface area is 163 Å². The summed E-state index contributed by atoms with van der Waals surface area (Å²) in [7, 11) is 0. The van der Waals surface area contributed by atoms with Crippen LogP contribution < -0.4 is 0 Å². The number of aliphatic carboxylic acids is 2. The van der Waals surface area contributed by atoms with Crippen LogP contribution in [0.1, 0.15) is 12.8 Å². The molecule has 4 nitrogen and oxygen atoms in total. The van der Waals surface area contributed by atoms with Crippen molar-refractivity contribution in [2.45, 2.75) is 23.3 Å². The fraction of sp³-hybridized carbons (Fsp3) is 0.833. The molecule has 0 spiro atoms. The zero-order valence-corrected chi connectivity index (χ0v) is 17.3. The summed E-state index contributed by atoms with van der Waals surface area (Å²) in [5, 5.41) is 17.3. The maximum atomic E-state index is 9.55. The second-order valence-corrected chi connectivity index (χ2v) is 8.30. The maximum absolute atomic E-state index is 9.55. The second-order valence-electron chi connectivity index (χ2n) is 4.01. The summed E-state index contributed by atoms with van der Waals surface area (Å²) in [6.45, 7) is 0. The lowest BCUT2D eigenvalue weighted by molar-refractivity contribution is -0.137. The van der Waals surface area contributed by atoms with Crippen LogP contribution in [0.5, 0.6) is 0 Å². The average Bonchev–Trinajstić information content (AvgIpc) is 2.48. The van der Waals surface area contributed by atoms with Crippen LogP contribution in [-0.4, -0.2) is 67.2 Å². The van der Waals surface area contributed by atoms with Gasteiger partial charge in [0.15, 0.2) is 0 Å². The molecule has 1 aliphatic rings. The molecule has 2 unspecified atom stereocenters. The van der Waals surface area contributed by atoms with Gasteiger partial charge in [-0.15, -0.1) is 0 Å². The SMILES string of the molecule is O=C(O)CCS.O=C(O)CCS.SCC1CSC(CS)CS1. The van der Waals surface area contributed by atoms with Gasteiger partial charge < -0.3 is 10.2 Å². The van der Waals surface area contributed by atoms with Crippen molar-refractivity contribution < 1.29 is 19.8 Å². The van der Waals surface area contributed by atoms with E-state index in [0.29, 0.717) is 11.5 Å². The van der Waals surface area contributed by atoms with E-state index in [1.54, 1.807) is 0 Å². The number of thioether (sulfide) groups is 2. The van der Waals surface area contributed by atoms with E-state index < -0.39 is 11.9 Å². The highest BCUT2D eigenvalue weighted by Crippen LogP contribution is 2.30. The minimum atomic E-state index is -0.787. The van der Waals surface area contributed by atoms with Crippen LogP contribution in [0.2, 0.25) is 0 Å². The number of carbonyl (C=O) groups is 2. The maximum Gasteiger partial charge on any atom is 0.304 e. The Balaban J connectivity index is 0. The lowest BCUT2D eigenvalue weighted by atomic mass is 10.5. The summed E-state index contributed by atoms with van der Waals surface area (Å²) in [6.07, 6.45) is 0.312. The molecule has 10 heteroatoms. The standard InChI is InChI=1S/C6H12S4.2C3H6O2S/c7-1-5-3-10-6(2-8)4-9-5;2*4-3(5)1-2-6/h5-8H,1-4H2;2*6H,1-2H2,(H,4,5). The molecule has 0 aromatic heterocycles. The fourth-order valence-corrected chi connectivity index (χ4v) is 5.27. The molecule has 1 aliphatic heterocycles. The third kappa shape index (κ3) is 19.1. The van der Waals surface area contributed by atoms with Gasteiger partial charge in [0.1, 0.15) is 0 Å². The molecule has 0 amide bonds. The average molecular weight is 425 g/mol. The van der Waals surface area contributed by atoms with E-state index in [4.69, 9.17) is 10.2 Å². The minimum Gasteiger partial charge on any atom is -0.481 e. The van der Waals surface area contributed by atoms with Crippen LogP contribution in [0, 0.1) is 0 Å². The van der Waals surface area contributed by atoms with Gasteiger partial charge in [0, 0.05) is 45.0 Å². The summed E-state index contributed by atoms with van der Waals surface area (Å²) < 4.78 is 0. The Kier molecular flexibility index (Phi) is 21.1. The zero-order valence-electron chi connectivity index (χ0n) is 12.1. The summed E-state index contributed by atoms with van der Waals surface area (Å²) >= 11 is 20.0. The predicted octanol–water partition coefficient (Wildman–Crippen LogP) is 2.85. The van der Waals surface area contributed by atoms with Crippen molar-refractivity contribution in [2.24, 2.45) is 0 Å². The Morgan fingerprint density at radius 2 is 1.14 bits per heavy atom. The van der Waals surface area contributed by atoms with E-state index in [0.717, 1.165) is 22.0 Å². The number of thiol groups is 4. The molecule has 1 rings (SSSR count). The van der Waals surface area contributed by atoms with E-state index in [9.17, 15) is 9.59 Å². The van der Waals surface area contributed by atoms with Crippen molar-refractivity contribution in [1.82, 2.24) is 0 Å². The van der Waals surface area contributed by atoms with Gasteiger partial charge >= 0.3 is 11.9 Å². The smallest absolute Gasteiger partial charge is 0.304 e. The highest BCUT2D eigenvalue weighted by atomic mass is 32.2. The second kappa shape index (κ2) is 18.4. The van der Waals surface area contributed by atoms with E-state index in [-0.39, 0.29) is 12.8 Å². The highest BCUT2D eigenvalue weighted by Gasteiger charge is 2.19. The van der Waals surface area contributed by atoms with E-state index in [1.807, 2.05) is 23.5 Å². The van der Waals surface area contributed by atoms with E-state index >= 15 is 0 Å². The van der Waals surface area contributed by atoms with Gasteiger partial charge in [-0.05, 0) is 0 Å². The molecule has 2 N–H and O–H groups in total. The Morgan fingerprint density at radius 1 is 0.818 bits per heavy atom. The molecule has 1 fully saturated rings. The molecule has 132 valence electrons. The first-order valence-electron chi connectivity index (χ1n) is 6.51. The van der Waals surface area contributed by atoms with Gasteiger partial charge in [0.05, 0.1) is 12.8 Å². The molecule has 1 heterocycles. The normalized spacial score (nSPS) is 20.0. The van der Waals surface area contributed by atoms with Crippen molar-refractivity contribution in [3.63, 3.8) is 0 Å². The van der Waals surface area contributed by atoms with Crippen LogP contribution in [0.15, 0.2) is 0 Å². The van der Waals surface area contributed by atoms with Crippen molar-refractivity contribution in [3.8, 4) is 0 Å². The molecule has 0 aliphatic carbocycles. The molecule has 0 saturated carbocycles. The topological polar surface area (TPSA) is 74.6 Å². The van der Waals surface area contributed by atoms with Crippen LogP contribution in [0.3, 0.4) is 0 Å². The van der Waals surface area contributed by atoms with Gasteiger partial charge in [-0.25, -0.2) is 0 Å². The number of rotatable bonds is 6. The van der Waals surface area contributed by atoms with Crippen LogP contribution >= 0.6 is 74.0 Å². The molecule has 0 aromatic rings. The Bertz CT molecular complexity index is 257. The first-order valence-corrected chi connectivity index (χ1v) is 11.1. The molecule has 0 aromatic carbocycles. The van der Waals surface area contributed by atoms with Crippen molar-refractivity contribution in [1.29, 1.82) is 0 Å². The number of hydrogen-bond acceptors (Lipinski definition) is 8. The molecule has 0 radical (unpaired) electrons. The monoisotopic (exact) mass is 424 g/mol. The first-order chi connectivity index (χ1) is 10.4. The first kappa shape index (κ1) is 25.3. The lowest BCUT2D eigenvalue weighted by Gasteiger charge is -2.25. The molecule has 1 saturated heterocycles. The largest absolute Gasteiger partial charge is 0.481 e. The minimum absolute atomic E-state index is 0.156. The number of carboxylic acid groups (broad SMARTS) is 2. The van der Waals surface area contributed by atoms with E-state index in [1.165, 1.54) is 11.5 Å². The van der Waals surface area contributed by atoms with Gasteiger partial charge in [-0.1, -0.05) is 0 Å². The van der Waals surface area contributed by atoms with Gasteiger partial charge in [0.2, 0.25) is 0 Å². The van der Waals surface area contributed by atoms with Crippen LogP contribution in [0.25, 0.3) is 0 Å². The van der Waals surface area contributed by atoms with Gasteiger partial charge in [-0.2, -0.15) is 74.0 Å². The van der Waals surface area contributed by atoms with Crippen molar-refractivity contribution in [3.05, 3.63) is 0 Å². The lowest BCUT2D eigenvalue weighted by Crippen LogP contribution is -2.23. The number of carboxylic acids is 2. The summed E-state index contributed by atoms with van der Waals surface area (Å²) in [5.74, 6) is 3.85. The zero-order chi connectivity index (χ0) is 17.4. The van der Waals surface area contributed by atoms with Crippen LogP contribution in [-0.2, 0) is 9.59 Å². The Morgan fingerprint density at radius 3 is 1.23 bits per heavy atom. The molecule has 22 heavy (non-hydrogen) atoms. The summed E-state index contributed by atoms with van der Waals surface area (Å²) in [4.78, 5) is 19.1. The van der Waals surface area contributed by atoms with E-state index in [2.05, 4.69) is 50.5 Å². The third-order valence-corrected chi connectivity index (χ3v) is 7.14. The molecular formula is C12H24O4S6. The molecule has 0 bridgehead atoms. The quantitative estimate of drug-likeness (QED) is 0.368. The Hall–Kier alpha value is 1.04. The summed E-state index contributed by atoms with van der Waals surface area (Å²) in [5.41, 5.74) is 0. The fourth-order valence-electron chi connectivity index (χ4n) is 0.985. The van der Waals surface area contributed by atoms with Crippen LogP contribution in [0.4, 0.5) is 0 Å². The van der Waals surface area contributed by atoms with Gasteiger partial charge in [0.25, 0.3) is 0 Å². The third-order valence-electron chi connectivity index (χ3n) is 2.09. The van der Waals surface area contributed by atoms with Crippen molar-refractivity contribution >= 4 is 86.0 Å². The van der Waals surface area contributed by atoms with Gasteiger partial charge in [-0.3, -0.25) is 9.59 Å². The molecule has 2 atom stereocenters. The molecular weight excluding hydrogens is 401 g/mol.